The van der Waals surface area contributed by atoms with Crippen LogP contribution in [0.15, 0.2) is 40.9 Å². The van der Waals surface area contributed by atoms with Gasteiger partial charge in [-0.3, -0.25) is 0 Å². The molecular formula is C14H12BrFO2. The number of halogens is 2. The van der Waals surface area contributed by atoms with Gasteiger partial charge in [0.1, 0.15) is 5.75 Å². The number of rotatable bonds is 3. The van der Waals surface area contributed by atoms with Crippen molar-refractivity contribution < 1.29 is 13.9 Å². The standard InChI is InChI=1S/C14H12BrFO2/c1-17-11-5-3-9(4-6-11)12-7-10(15)8-13(18-2)14(12)16/h3-8H,1-2H3. The third-order valence-electron chi connectivity index (χ3n) is 2.62. The minimum atomic E-state index is -0.370. The first kappa shape index (κ1) is 12.9. The number of hydrogen-bond acceptors (Lipinski definition) is 2. The van der Waals surface area contributed by atoms with Crippen LogP contribution in [0.25, 0.3) is 11.1 Å². The highest BCUT2D eigenvalue weighted by atomic mass is 79.9. The molecule has 0 bridgehead atoms. The van der Waals surface area contributed by atoms with E-state index in [-0.39, 0.29) is 11.6 Å². The molecule has 0 saturated heterocycles. The predicted molar refractivity (Wildman–Crippen MR) is 72.6 cm³/mol. The van der Waals surface area contributed by atoms with Crippen LogP contribution in [0.3, 0.4) is 0 Å². The van der Waals surface area contributed by atoms with E-state index >= 15 is 0 Å². The van der Waals surface area contributed by atoms with Crippen LogP contribution in [0.1, 0.15) is 0 Å². The molecule has 0 unspecified atom stereocenters. The van der Waals surface area contributed by atoms with Gasteiger partial charge in [-0.15, -0.1) is 0 Å². The molecule has 18 heavy (non-hydrogen) atoms. The summed E-state index contributed by atoms with van der Waals surface area (Å²) in [4.78, 5) is 0. The molecule has 0 heterocycles. The second kappa shape index (κ2) is 5.40. The minimum absolute atomic E-state index is 0.218. The predicted octanol–water partition coefficient (Wildman–Crippen LogP) is 4.27. The molecule has 0 saturated carbocycles. The van der Waals surface area contributed by atoms with Crippen LogP contribution in [0.2, 0.25) is 0 Å². The molecule has 2 aromatic rings. The van der Waals surface area contributed by atoms with Gasteiger partial charge in [-0.1, -0.05) is 28.1 Å². The van der Waals surface area contributed by atoms with Crippen molar-refractivity contribution in [3.63, 3.8) is 0 Å². The first-order chi connectivity index (χ1) is 8.65. The summed E-state index contributed by atoms with van der Waals surface area (Å²) in [6.07, 6.45) is 0. The van der Waals surface area contributed by atoms with Gasteiger partial charge in [0.15, 0.2) is 11.6 Å². The first-order valence-electron chi connectivity index (χ1n) is 5.33. The van der Waals surface area contributed by atoms with E-state index in [0.717, 1.165) is 15.8 Å². The van der Waals surface area contributed by atoms with E-state index < -0.39 is 0 Å². The van der Waals surface area contributed by atoms with Gasteiger partial charge in [0.2, 0.25) is 0 Å². The van der Waals surface area contributed by atoms with Crippen LogP contribution >= 0.6 is 15.9 Å². The van der Waals surface area contributed by atoms with Crippen LogP contribution in [0.5, 0.6) is 11.5 Å². The molecule has 4 heteroatoms. The Morgan fingerprint density at radius 1 is 1.00 bits per heavy atom. The lowest BCUT2D eigenvalue weighted by molar-refractivity contribution is 0.387. The molecule has 0 aromatic heterocycles. The summed E-state index contributed by atoms with van der Waals surface area (Å²) in [6.45, 7) is 0. The first-order valence-corrected chi connectivity index (χ1v) is 6.12. The average molecular weight is 311 g/mol. The third-order valence-corrected chi connectivity index (χ3v) is 3.08. The van der Waals surface area contributed by atoms with E-state index in [9.17, 15) is 4.39 Å². The fourth-order valence-corrected chi connectivity index (χ4v) is 2.13. The van der Waals surface area contributed by atoms with Crippen molar-refractivity contribution in [1.82, 2.24) is 0 Å². The number of ether oxygens (including phenoxy) is 2. The summed E-state index contributed by atoms with van der Waals surface area (Å²) >= 11 is 3.34. The lowest BCUT2D eigenvalue weighted by Gasteiger charge is -2.09. The molecule has 0 radical (unpaired) electrons. The van der Waals surface area contributed by atoms with Gasteiger partial charge in [-0.2, -0.15) is 0 Å². The van der Waals surface area contributed by atoms with Gasteiger partial charge in [-0.05, 0) is 29.8 Å². The fourth-order valence-electron chi connectivity index (χ4n) is 1.69. The van der Waals surface area contributed by atoms with Crippen LogP contribution in [-0.2, 0) is 0 Å². The van der Waals surface area contributed by atoms with Gasteiger partial charge >= 0.3 is 0 Å². The molecule has 2 aromatic carbocycles. The minimum Gasteiger partial charge on any atom is -0.497 e. The molecule has 0 N–H and O–H groups in total. The van der Waals surface area contributed by atoms with E-state index in [2.05, 4.69) is 15.9 Å². The Hall–Kier alpha value is -1.55. The van der Waals surface area contributed by atoms with E-state index in [1.807, 2.05) is 12.1 Å². The highest BCUT2D eigenvalue weighted by Crippen LogP contribution is 2.33. The van der Waals surface area contributed by atoms with Crippen molar-refractivity contribution in [1.29, 1.82) is 0 Å². The Morgan fingerprint density at radius 3 is 2.22 bits per heavy atom. The Kier molecular flexibility index (Phi) is 3.87. The van der Waals surface area contributed by atoms with E-state index in [0.29, 0.717) is 5.56 Å². The van der Waals surface area contributed by atoms with E-state index in [4.69, 9.17) is 9.47 Å². The monoisotopic (exact) mass is 310 g/mol. The topological polar surface area (TPSA) is 18.5 Å². The molecule has 0 amide bonds. The highest BCUT2D eigenvalue weighted by molar-refractivity contribution is 9.10. The summed E-state index contributed by atoms with van der Waals surface area (Å²) in [7, 11) is 3.04. The quantitative estimate of drug-likeness (QED) is 0.842. The highest BCUT2D eigenvalue weighted by Gasteiger charge is 2.12. The number of benzene rings is 2. The molecule has 94 valence electrons. The fraction of sp³-hybridized carbons (Fsp3) is 0.143. The number of methoxy groups -OCH3 is 2. The van der Waals surface area contributed by atoms with Crippen LogP contribution in [0.4, 0.5) is 4.39 Å². The Bertz CT molecular complexity index is 552. The Labute approximate surface area is 113 Å². The summed E-state index contributed by atoms with van der Waals surface area (Å²) in [5.74, 6) is 0.585. The zero-order valence-electron chi connectivity index (χ0n) is 10.0. The molecule has 0 aliphatic carbocycles. The molecule has 2 nitrogen and oxygen atoms in total. The van der Waals surface area contributed by atoms with Crippen molar-refractivity contribution in [3.8, 4) is 22.6 Å². The largest absolute Gasteiger partial charge is 0.497 e. The maximum Gasteiger partial charge on any atom is 0.172 e. The van der Waals surface area contributed by atoms with E-state index in [1.54, 1.807) is 31.4 Å². The molecule has 0 fully saturated rings. The summed E-state index contributed by atoms with van der Waals surface area (Å²) < 4.78 is 25.0. The zero-order valence-corrected chi connectivity index (χ0v) is 11.6. The third kappa shape index (κ3) is 2.48. The average Bonchev–Trinajstić information content (AvgIpc) is 2.41. The van der Waals surface area contributed by atoms with E-state index in [1.165, 1.54) is 7.11 Å². The van der Waals surface area contributed by atoms with Gasteiger partial charge in [0.05, 0.1) is 14.2 Å². The molecule has 0 aliphatic rings. The summed E-state index contributed by atoms with van der Waals surface area (Å²) in [5.41, 5.74) is 1.26. The van der Waals surface area contributed by atoms with Gasteiger partial charge in [0, 0.05) is 10.0 Å². The Balaban J connectivity index is 2.52. The van der Waals surface area contributed by atoms with Crippen LogP contribution in [0, 0.1) is 5.82 Å². The molecule has 0 spiro atoms. The lowest BCUT2D eigenvalue weighted by Crippen LogP contribution is -1.92. The summed E-state index contributed by atoms with van der Waals surface area (Å²) in [5, 5.41) is 0. The Morgan fingerprint density at radius 2 is 1.67 bits per heavy atom. The molecule has 0 atom stereocenters. The normalized spacial score (nSPS) is 10.2. The lowest BCUT2D eigenvalue weighted by atomic mass is 10.0. The maximum atomic E-state index is 14.1. The van der Waals surface area contributed by atoms with Crippen LogP contribution in [-0.4, -0.2) is 14.2 Å². The second-order valence-corrected chi connectivity index (χ2v) is 4.61. The van der Waals surface area contributed by atoms with Crippen molar-refractivity contribution in [2.75, 3.05) is 14.2 Å². The molecular weight excluding hydrogens is 299 g/mol. The van der Waals surface area contributed by atoms with Gasteiger partial charge in [0.25, 0.3) is 0 Å². The van der Waals surface area contributed by atoms with Crippen molar-refractivity contribution in [2.24, 2.45) is 0 Å². The smallest absolute Gasteiger partial charge is 0.172 e. The molecule has 2 rings (SSSR count). The molecule has 0 aliphatic heterocycles. The van der Waals surface area contributed by atoms with Gasteiger partial charge < -0.3 is 9.47 Å². The van der Waals surface area contributed by atoms with Crippen molar-refractivity contribution in [3.05, 3.63) is 46.7 Å². The SMILES string of the molecule is COc1ccc(-c2cc(Br)cc(OC)c2F)cc1. The second-order valence-electron chi connectivity index (χ2n) is 3.70. The van der Waals surface area contributed by atoms with Crippen molar-refractivity contribution >= 4 is 15.9 Å². The number of hydrogen-bond donors (Lipinski definition) is 0. The maximum absolute atomic E-state index is 14.1. The van der Waals surface area contributed by atoms with Gasteiger partial charge in [-0.25, -0.2) is 4.39 Å². The zero-order chi connectivity index (χ0) is 13.1. The van der Waals surface area contributed by atoms with Crippen LogP contribution < -0.4 is 9.47 Å². The summed E-state index contributed by atoms with van der Waals surface area (Å²) in [6, 6.07) is 10.5. The van der Waals surface area contributed by atoms with Crippen molar-refractivity contribution in [2.45, 2.75) is 0 Å².